The average Bonchev–Trinajstić information content (AvgIpc) is 2.37. The van der Waals surface area contributed by atoms with Crippen LogP contribution in [0.15, 0.2) is 12.1 Å². The molecule has 0 spiro atoms. The summed E-state index contributed by atoms with van der Waals surface area (Å²) in [6, 6.07) is 3.81. The maximum absolute atomic E-state index is 5.49. The van der Waals surface area contributed by atoms with E-state index in [-0.39, 0.29) is 0 Å². The molecule has 0 amide bonds. The van der Waals surface area contributed by atoms with Gasteiger partial charge in [0, 0.05) is 11.6 Å². The quantitative estimate of drug-likeness (QED) is 0.739. The number of ether oxygens (including phenoxy) is 3. The average molecular weight is 239 g/mol. The molecule has 0 fully saturated rings. The first-order valence-electron chi connectivity index (χ1n) is 5.75. The molecule has 1 aromatic rings. The van der Waals surface area contributed by atoms with Gasteiger partial charge in [0.2, 0.25) is 0 Å². The summed E-state index contributed by atoms with van der Waals surface area (Å²) in [7, 11) is 4.92. The number of hydrogen-bond acceptors (Lipinski definition) is 4. The molecule has 4 heteroatoms. The van der Waals surface area contributed by atoms with E-state index in [1.165, 1.54) is 0 Å². The summed E-state index contributed by atoms with van der Waals surface area (Å²) >= 11 is 0. The molecule has 0 aliphatic carbocycles. The Balaban J connectivity index is 2.97. The van der Waals surface area contributed by atoms with Crippen molar-refractivity contribution in [2.24, 2.45) is 5.73 Å². The summed E-state index contributed by atoms with van der Waals surface area (Å²) in [6.07, 6.45) is 2.94. The zero-order valence-corrected chi connectivity index (χ0v) is 10.8. The van der Waals surface area contributed by atoms with Crippen molar-refractivity contribution in [3.05, 3.63) is 17.7 Å². The molecule has 1 rings (SSSR count). The number of hydrogen-bond donors (Lipinski definition) is 1. The van der Waals surface area contributed by atoms with E-state index in [4.69, 9.17) is 19.9 Å². The second kappa shape index (κ2) is 7.01. The summed E-state index contributed by atoms with van der Waals surface area (Å²) < 4.78 is 15.9. The molecule has 0 heterocycles. The number of benzene rings is 1. The Labute approximate surface area is 103 Å². The minimum Gasteiger partial charge on any atom is -0.497 e. The fourth-order valence-corrected chi connectivity index (χ4v) is 1.78. The molecule has 4 nitrogen and oxygen atoms in total. The first-order chi connectivity index (χ1) is 8.26. The molecule has 0 aliphatic heterocycles. The number of rotatable bonds is 7. The van der Waals surface area contributed by atoms with Crippen LogP contribution < -0.4 is 19.9 Å². The van der Waals surface area contributed by atoms with E-state index >= 15 is 0 Å². The normalized spacial score (nSPS) is 10.1. The summed E-state index contributed by atoms with van der Waals surface area (Å²) in [5.74, 6) is 2.27. The van der Waals surface area contributed by atoms with Gasteiger partial charge in [-0.2, -0.15) is 0 Å². The largest absolute Gasteiger partial charge is 0.497 e. The Bertz CT molecular complexity index is 353. The van der Waals surface area contributed by atoms with Gasteiger partial charge in [-0.05, 0) is 31.9 Å². The molecule has 2 N–H and O–H groups in total. The minimum atomic E-state index is 0.703. The molecule has 0 aliphatic rings. The molecule has 17 heavy (non-hydrogen) atoms. The SMILES string of the molecule is COc1cc(CCCCN)c(OC)c(OC)c1. The summed E-state index contributed by atoms with van der Waals surface area (Å²) in [4.78, 5) is 0. The molecule has 96 valence electrons. The van der Waals surface area contributed by atoms with Gasteiger partial charge in [-0.3, -0.25) is 0 Å². The van der Waals surface area contributed by atoms with Gasteiger partial charge >= 0.3 is 0 Å². The van der Waals surface area contributed by atoms with Crippen molar-refractivity contribution >= 4 is 0 Å². The lowest BCUT2D eigenvalue weighted by Crippen LogP contribution is -2.01. The number of unbranched alkanes of at least 4 members (excludes halogenated alkanes) is 1. The summed E-state index contributed by atoms with van der Waals surface area (Å²) in [5.41, 5.74) is 6.59. The Kier molecular flexibility index (Phi) is 5.63. The van der Waals surface area contributed by atoms with Crippen molar-refractivity contribution < 1.29 is 14.2 Å². The Hall–Kier alpha value is -1.42. The van der Waals surface area contributed by atoms with Gasteiger partial charge in [0.15, 0.2) is 11.5 Å². The zero-order valence-electron chi connectivity index (χ0n) is 10.8. The van der Waals surface area contributed by atoms with Crippen molar-refractivity contribution in [3.8, 4) is 17.2 Å². The molecular weight excluding hydrogens is 218 g/mol. The van der Waals surface area contributed by atoms with Crippen LogP contribution in [-0.2, 0) is 6.42 Å². The molecule has 0 saturated heterocycles. The van der Waals surface area contributed by atoms with Gasteiger partial charge in [0.25, 0.3) is 0 Å². The van der Waals surface area contributed by atoms with Crippen LogP contribution in [0.2, 0.25) is 0 Å². The van der Waals surface area contributed by atoms with E-state index in [1.54, 1.807) is 21.3 Å². The molecular formula is C13H21NO3. The van der Waals surface area contributed by atoms with Crippen LogP contribution in [0.25, 0.3) is 0 Å². The Morgan fingerprint density at radius 3 is 2.29 bits per heavy atom. The van der Waals surface area contributed by atoms with Crippen LogP contribution in [0.3, 0.4) is 0 Å². The number of methoxy groups -OCH3 is 3. The molecule has 0 aromatic heterocycles. The fraction of sp³-hybridized carbons (Fsp3) is 0.538. The standard InChI is InChI=1S/C13H21NO3/c1-15-11-8-10(6-4-5-7-14)13(17-3)12(9-11)16-2/h8-9H,4-7,14H2,1-3H3. The predicted octanol–water partition coefficient (Wildman–Crippen LogP) is 1.99. The topological polar surface area (TPSA) is 53.7 Å². The Morgan fingerprint density at radius 2 is 1.76 bits per heavy atom. The number of nitrogens with two attached hydrogens (primary N) is 1. The second-order valence-corrected chi connectivity index (χ2v) is 3.77. The van der Waals surface area contributed by atoms with Gasteiger partial charge in [-0.1, -0.05) is 0 Å². The van der Waals surface area contributed by atoms with Crippen LogP contribution >= 0.6 is 0 Å². The van der Waals surface area contributed by atoms with E-state index in [0.29, 0.717) is 12.3 Å². The number of aryl methyl sites for hydroxylation is 1. The minimum absolute atomic E-state index is 0.703. The van der Waals surface area contributed by atoms with Gasteiger partial charge < -0.3 is 19.9 Å². The van der Waals surface area contributed by atoms with Crippen molar-refractivity contribution in [2.45, 2.75) is 19.3 Å². The Morgan fingerprint density at radius 1 is 1.00 bits per heavy atom. The maximum Gasteiger partial charge on any atom is 0.164 e. The van der Waals surface area contributed by atoms with Crippen molar-refractivity contribution in [3.63, 3.8) is 0 Å². The van der Waals surface area contributed by atoms with E-state index in [1.807, 2.05) is 12.1 Å². The van der Waals surface area contributed by atoms with Crippen molar-refractivity contribution in [1.29, 1.82) is 0 Å². The molecule has 0 atom stereocenters. The highest BCUT2D eigenvalue weighted by molar-refractivity contribution is 5.51. The third kappa shape index (κ3) is 3.53. The van der Waals surface area contributed by atoms with Crippen LogP contribution in [0.4, 0.5) is 0 Å². The van der Waals surface area contributed by atoms with Gasteiger partial charge in [0.1, 0.15) is 5.75 Å². The highest BCUT2D eigenvalue weighted by Gasteiger charge is 2.12. The molecule has 1 aromatic carbocycles. The molecule has 0 radical (unpaired) electrons. The maximum atomic E-state index is 5.49. The van der Waals surface area contributed by atoms with Crippen LogP contribution in [0, 0.1) is 0 Å². The van der Waals surface area contributed by atoms with Crippen LogP contribution in [-0.4, -0.2) is 27.9 Å². The van der Waals surface area contributed by atoms with E-state index in [2.05, 4.69) is 0 Å². The third-order valence-corrected chi connectivity index (χ3v) is 2.67. The molecule has 0 bridgehead atoms. The van der Waals surface area contributed by atoms with Crippen LogP contribution in [0.1, 0.15) is 18.4 Å². The predicted molar refractivity (Wildman–Crippen MR) is 68.1 cm³/mol. The molecule has 0 unspecified atom stereocenters. The van der Waals surface area contributed by atoms with Gasteiger partial charge in [-0.25, -0.2) is 0 Å². The lowest BCUT2D eigenvalue weighted by atomic mass is 10.1. The highest BCUT2D eigenvalue weighted by Crippen LogP contribution is 2.36. The van der Waals surface area contributed by atoms with Gasteiger partial charge in [-0.15, -0.1) is 0 Å². The van der Waals surface area contributed by atoms with Crippen LogP contribution in [0.5, 0.6) is 17.2 Å². The second-order valence-electron chi connectivity index (χ2n) is 3.77. The third-order valence-electron chi connectivity index (χ3n) is 2.67. The van der Waals surface area contributed by atoms with Crippen molar-refractivity contribution in [1.82, 2.24) is 0 Å². The summed E-state index contributed by atoms with van der Waals surface area (Å²) in [6.45, 7) is 0.712. The highest BCUT2D eigenvalue weighted by atomic mass is 16.5. The van der Waals surface area contributed by atoms with Gasteiger partial charge in [0.05, 0.1) is 21.3 Å². The first-order valence-corrected chi connectivity index (χ1v) is 5.75. The lowest BCUT2D eigenvalue weighted by Gasteiger charge is -2.14. The van der Waals surface area contributed by atoms with Crippen molar-refractivity contribution in [2.75, 3.05) is 27.9 Å². The first kappa shape index (κ1) is 13.6. The fourth-order valence-electron chi connectivity index (χ4n) is 1.78. The van der Waals surface area contributed by atoms with E-state index in [9.17, 15) is 0 Å². The lowest BCUT2D eigenvalue weighted by molar-refractivity contribution is 0.345. The monoisotopic (exact) mass is 239 g/mol. The molecule has 0 saturated carbocycles. The van der Waals surface area contributed by atoms with E-state index < -0.39 is 0 Å². The summed E-state index contributed by atoms with van der Waals surface area (Å²) in [5, 5.41) is 0. The van der Waals surface area contributed by atoms with E-state index in [0.717, 1.165) is 36.3 Å². The smallest absolute Gasteiger partial charge is 0.164 e. The zero-order chi connectivity index (χ0) is 12.7.